The number of nitrogens with zero attached hydrogens (tertiary/aromatic N) is 1. The fourth-order valence-electron chi connectivity index (χ4n) is 2.27. The lowest BCUT2D eigenvalue weighted by Gasteiger charge is -2.13. The van der Waals surface area contributed by atoms with E-state index in [9.17, 15) is 9.59 Å². The van der Waals surface area contributed by atoms with Crippen molar-refractivity contribution in [1.29, 1.82) is 0 Å². The van der Waals surface area contributed by atoms with Crippen molar-refractivity contribution in [3.05, 3.63) is 70.6 Å². The van der Waals surface area contributed by atoms with E-state index < -0.39 is 0 Å². The summed E-state index contributed by atoms with van der Waals surface area (Å²) in [4.78, 5) is 23.9. The number of hydrazine groups is 1. The van der Waals surface area contributed by atoms with E-state index in [4.69, 9.17) is 17.0 Å². The fourth-order valence-corrected chi connectivity index (χ4v) is 3.45. The molecule has 1 heterocycles. The van der Waals surface area contributed by atoms with E-state index in [1.807, 2.05) is 54.6 Å². The summed E-state index contributed by atoms with van der Waals surface area (Å²) in [5, 5.41) is 1.09. The van der Waals surface area contributed by atoms with Gasteiger partial charge in [-0.1, -0.05) is 54.2 Å². The molecule has 0 atom stereocenters. The molecule has 0 unspecified atom stereocenters. The predicted octanol–water partition coefficient (Wildman–Crippen LogP) is 3.52. The summed E-state index contributed by atoms with van der Waals surface area (Å²) in [5.41, 5.74) is 4.36. The third-order valence-electron chi connectivity index (χ3n) is 3.49. The number of ether oxygens (including phenoxy) is 1. The molecule has 0 saturated carbocycles. The standard InChI is InChI=1S/C19H16N2O3S2/c1-13(22)20-21-18(23)17(26-19(21)25)11-14-7-9-16(10-8-14)24-12-15-5-3-2-4-6-15/h2-11H,12H2,1H3,(H,20,22)/b17-11-. The second-order valence-electron chi connectivity index (χ2n) is 5.53. The zero-order valence-corrected chi connectivity index (χ0v) is 15.6. The number of carbonyl (C=O) groups excluding carboxylic acids is 2. The Morgan fingerprint density at radius 1 is 1.19 bits per heavy atom. The van der Waals surface area contributed by atoms with Crippen molar-refractivity contribution in [3.63, 3.8) is 0 Å². The van der Waals surface area contributed by atoms with Crippen LogP contribution < -0.4 is 10.2 Å². The van der Waals surface area contributed by atoms with Crippen LogP contribution in [-0.4, -0.2) is 21.1 Å². The van der Waals surface area contributed by atoms with Crippen LogP contribution in [0.2, 0.25) is 0 Å². The minimum Gasteiger partial charge on any atom is -0.489 e. The smallest absolute Gasteiger partial charge is 0.285 e. The first-order chi connectivity index (χ1) is 12.5. The van der Waals surface area contributed by atoms with Gasteiger partial charge in [0.2, 0.25) is 5.91 Å². The highest BCUT2D eigenvalue weighted by atomic mass is 32.2. The Kier molecular flexibility index (Phi) is 5.70. The van der Waals surface area contributed by atoms with E-state index in [-0.39, 0.29) is 11.8 Å². The topological polar surface area (TPSA) is 58.6 Å². The van der Waals surface area contributed by atoms with Gasteiger partial charge < -0.3 is 4.74 Å². The van der Waals surface area contributed by atoms with E-state index in [1.165, 1.54) is 6.92 Å². The second-order valence-corrected chi connectivity index (χ2v) is 7.20. The molecule has 1 fully saturated rings. The first-order valence-electron chi connectivity index (χ1n) is 7.85. The number of thiocarbonyl (C=S) groups is 1. The molecule has 3 rings (SSSR count). The molecule has 1 saturated heterocycles. The Balaban J connectivity index is 1.65. The number of thioether (sulfide) groups is 1. The van der Waals surface area contributed by atoms with E-state index >= 15 is 0 Å². The van der Waals surface area contributed by atoms with Crippen molar-refractivity contribution >= 4 is 46.2 Å². The van der Waals surface area contributed by atoms with Crippen molar-refractivity contribution < 1.29 is 14.3 Å². The molecule has 0 aliphatic carbocycles. The lowest BCUT2D eigenvalue weighted by Crippen LogP contribution is -2.43. The summed E-state index contributed by atoms with van der Waals surface area (Å²) in [6.07, 6.45) is 1.74. The number of amides is 2. The third kappa shape index (κ3) is 4.50. The van der Waals surface area contributed by atoms with Crippen LogP contribution in [-0.2, 0) is 16.2 Å². The maximum Gasteiger partial charge on any atom is 0.285 e. The molecular weight excluding hydrogens is 368 g/mol. The zero-order valence-electron chi connectivity index (χ0n) is 14.0. The van der Waals surface area contributed by atoms with Crippen molar-refractivity contribution in [2.75, 3.05) is 0 Å². The molecule has 1 N–H and O–H groups in total. The minimum atomic E-state index is -0.345. The summed E-state index contributed by atoms with van der Waals surface area (Å²) in [7, 11) is 0. The van der Waals surface area contributed by atoms with Crippen molar-refractivity contribution in [3.8, 4) is 5.75 Å². The van der Waals surface area contributed by atoms with Gasteiger partial charge in [-0.2, -0.15) is 5.01 Å². The van der Waals surface area contributed by atoms with Crippen LogP contribution in [0.25, 0.3) is 6.08 Å². The van der Waals surface area contributed by atoms with Gasteiger partial charge in [-0.15, -0.1) is 0 Å². The van der Waals surface area contributed by atoms with Gasteiger partial charge in [-0.3, -0.25) is 15.0 Å². The Morgan fingerprint density at radius 2 is 1.88 bits per heavy atom. The average Bonchev–Trinajstić information content (AvgIpc) is 2.89. The van der Waals surface area contributed by atoms with Crippen molar-refractivity contribution in [2.45, 2.75) is 13.5 Å². The Bertz CT molecular complexity index is 864. The third-order valence-corrected chi connectivity index (χ3v) is 4.79. The highest BCUT2D eigenvalue weighted by Crippen LogP contribution is 2.31. The number of hydrogen-bond acceptors (Lipinski definition) is 5. The molecule has 0 spiro atoms. The zero-order chi connectivity index (χ0) is 18.5. The van der Waals surface area contributed by atoms with Gasteiger partial charge in [0.1, 0.15) is 12.4 Å². The molecule has 2 amide bonds. The SMILES string of the molecule is CC(=O)NN1C(=O)/C(=C/c2ccc(OCc3ccccc3)cc2)SC1=S. The summed E-state index contributed by atoms with van der Waals surface area (Å²) < 4.78 is 6.05. The highest BCUT2D eigenvalue weighted by molar-refractivity contribution is 8.26. The molecule has 5 nitrogen and oxygen atoms in total. The van der Waals surface area contributed by atoms with E-state index in [1.54, 1.807) is 6.08 Å². The van der Waals surface area contributed by atoms with Gasteiger partial charge in [0.05, 0.1) is 4.91 Å². The minimum absolute atomic E-state index is 0.305. The van der Waals surface area contributed by atoms with Gasteiger partial charge in [0, 0.05) is 6.92 Å². The lowest BCUT2D eigenvalue weighted by atomic mass is 10.2. The van der Waals surface area contributed by atoms with Gasteiger partial charge in [-0.25, -0.2) is 0 Å². The van der Waals surface area contributed by atoms with Crippen LogP contribution in [0.5, 0.6) is 5.75 Å². The number of nitrogens with one attached hydrogen (secondary N) is 1. The Labute approximate surface area is 161 Å². The molecular formula is C19H16N2O3S2. The first-order valence-corrected chi connectivity index (χ1v) is 9.07. The van der Waals surface area contributed by atoms with Gasteiger partial charge in [-0.05, 0) is 41.6 Å². The largest absolute Gasteiger partial charge is 0.489 e. The molecule has 2 aromatic rings. The van der Waals surface area contributed by atoms with E-state index in [0.717, 1.165) is 33.6 Å². The fraction of sp³-hybridized carbons (Fsp3) is 0.105. The molecule has 0 radical (unpaired) electrons. The number of rotatable bonds is 5. The van der Waals surface area contributed by atoms with E-state index in [2.05, 4.69) is 5.43 Å². The van der Waals surface area contributed by atoms with Crippen LogP contribution in [0.1, 0.15) is 18.1 Å². The summed E-state index contributed by atoms with van der Waals surface area (Å²) in [6, 6.07) is 17.4. The molecule has 132 valence electrons. The van der Waals surface area contributed by atoms with Crippen LogP contribution >= 0.6 is 24.0 Å². The molecule has 0 aromatic heterocycles. The number of benzene rings is 2. The first kappa shape index (κ1) is 18.2. The van der Waals surface area contributed by atoms with Crippen LogP contribution in [0.15, 0.2) is 59.5 Å². The average molecular weight is 384 g/mol. The molecule has 1 aliphatic heterocycles. The Hall–Kier alpha value is -2.64. The normalized spacial score (nSPS) is 15.4. The van der Waals surface area contributed by atoms with Gasteiger partial charge in [0.15, 0.2) is 4.32 Å². The monoisotopic (exact) mass is 384 g/mol. The van der Waals surface area contributed by atoms with E-state index in [0.29, 0.717) is 15.8 Å². The van der Waals surface area contributed by atoms with Gasteiger partial charge in [0.25, 0.3) is 5.91 Å². The predicted molar refractivity (Wildman–Crippen MR) is 106 cm³/mol. The Morgan fingerprint density at radius 3 is 2.54 bits per heavy atom. The molecule has 0 bridgehead atoms. The molecule has 1 aliphatic rings. The van der Waals surface area contributed by atoms with Gasteiger partial charge >= 0.3 is 0 Å². The molecule has 26 heavy (non-hydrogen) atoms. The number of carbonyl (C=O) groups is 2. The quantitative estimate of drug-likeness (QED) is 0.631. The summed E-state index contributed by atoms with van der Waals surface area (Å²) in [6.45, 7) is 1.83. The van der Waals surface area contributed by atoms with Crippen molar-refractivity contribution in [2.24, 2.45) is 0 Å². The summed E-state index contributed by atoms with van der Waals surface area (Å²) in [5.74, 6) is 0.0684. The maximum absolute atomic E-state index is 12.3. The van der Waals surface area contributed by atoms with Crippen LogP contribution in [0.4, 0.5) is 0 Å². The molecule has 2 aromatic carbocycles. The van der Waals surface area contributed by atoms with Crippen molar-refractivity contribution in [1.82, 2.24) is 10.4 Å². The molecule has 7 heteroatoms. The van der Waals surface area contributed by atoms with Crippen LogP contribution in [0, 0.1) is 0 Å². The number of hydrogen-bond donors (Lipinski definition) is 1. The second kappa shape index (κ2) is 8.16. The van der Waals surface area contributed by atoms with Crippen LogP contribution in [0.3, 0.4) is 0 Å². The lowest BCUT2D eigenvalue weighted by molar-refractivity contribution is -0.131. The maximum atomic E-state index is 12.3. The highest BCUT2D eigenvalue weighted by Gasteiger charge is 2.32. The summed E-state index contributed by atoms with van der Waals surface area (Å²) >= 11 is 6.28.